The number of rotatable bonds is 35. The quantitative estimate of drug-likeness (QED) is 0.0826. The number of carboxylic acid groups (broad SMARTS) is 1. The summed E-state index contributed by atoms with van der Waals surface area (Å²) in [6, 6.07) is 0. The van der Waals surface area contributed by atoms with E-state index in [1.807, 2.05) is 0 Å². The Bertz CT molecular complexity index is 580. The number of unbranched alkanes of at least 4 members (excludes halogenated alkanes) is 1. The van der Waals surface area contributed by atoms with Crippen LogP contribution in [0.25, 0.3) is 0 Å². The van der Waals surface area contributed by atoms with E-state index in [1.165, 1.54) is 0 Å². The molecule has 1 unspecified atom stereocenters. The van der Waals surface area contributed by atoms with Gasteiger partial charge in [0.25, 0.3) is 0 Å². The van der Waals surface area contributed by atoms with E-state index in [2.05, 4.69) is 13.8 Å². The first-order valence-corrected chi connectivity index (χ1v) is 15.1. The fourth-order valence-electron chi connectivity index (χ4n) is 2.99. The number of aliphatic carboxylic acids is 1. The maximum atomic E-state index is 11.5. The van der Waals surface area contributed by atoms with E-state index in [0.29, 0.717) is 124 Å². The highest BCUT2D eigenvalue weighted by atomic mass is 16.6. The van der Waals surface area contributed by atoms with Crippen LogP contribution in [0.3, 0.4) is 0 Å². The summed E-state index contributed by atoms with van der Waals surface area (Å²) in [6.07, 6.45) is 2.37. The van der Waals surface area contributed by atoms with E-state index < -0.39 is 5.97 Å². The van der Waals surface area contributed by atoms with Gasteiger partial charge in [-0.1, -0.05) is 20.3 Å². The summed E-state index contributed by atoms with van der Waals surface area (Å²) in [7, 11) is 0. The zero-order valence-electron chi connectivity index (χ0n) is 25.9. The third kappa shape index (κ3) is 34.8. The van der Waals surface area contributed by atoms with Gasteiger partial charge in [0, 0.05) is 19.4 Å². The van der Waals surface area contributed by atoms with Crippen LogP contribution < -0.4 is 0 Å². The van der Waals surface area contributed by atoms with Crippen LogP contribution in [0.1, 0.15) is 46.0 Å². The molecule has 0 amide bonds. The minimum absolute atomic E-state index is 0.0632. The molecule has 13 heteroatoms. The van der Waals surface area contributed by atoms with Crippen LogP contribution in [0.5, 0.6) is 0 Å². The van der Waals surface area contributed by atoms with E-state index in [4.69, 9.17) is 52.5 Å². The number of esters is 1. The van der Waals surface area contributed by atoms with E-state index >= 15 is 0 Å². The van der Waals surface area contributed by atoms with Crippen molar-refractivity contribution < 1.29 is 62.1 Å². The predicted octanol–water partition coefficient (Wildman–Crippen LogP) is 2.37. The SMILES string of the molecule is CCC(C)COCCOCCOCCOCCOCCOCCOCCOCCOCCOC(=O)CCCCC(=O)O. The second kappa shape index (κ2) is 34.1. The van der Waals surface area contributed by atoms with Crippen molar-refractivity contribution in [3.63, 3.8) is 0 Å². The summed E-state index contributed by atoms with van der Waals surface area (Å²) in [5.74, 6) is -0.614. The molecule has 13 nitrogen and oxygen atoms in total. The summed E-state index contributed by atoms with van der Waals surface area (Å²) in [5.41, 5.74) is 0. The van der Waals surface area contributed by atoms with Crippen LogP contribution in [-0.2, 0) is 57.0 Å². The molecule has 0 aromatic carbocycles. The van der Waals surface area contributed by atoms with Gasteiger partial charge in [-0.2, -0.15) is 0 Å². The lowest BCUT2D eigenvalue weighted by molar-refractivity contribution is -0.146. The molecule has 0 radical (unpaired) electrons. The van der Waals surface area contributed by atoms with Gasteiger partial charge in [0.2, 0.25) is 0 Å². The summed E-state index contributed by atoms with van der Waals surface area (Å²) in [4.78, 5) is 21.9. The van der Waals surface area contributed by atoms with Gasteiger partial charge in [-0.25, -0.2) is 0 Å². The molecule has 1 atom stereocenters. The average Bonchev–Trinajstić information content (AvgIpc) is 2.98. The van der Waals surface area contributed by atoms with Crippen molar-refractivity contribution in [1.29, 1.82) is 0 Å². The predicted molar refractivity (Wildman–Crippen MR) is 154 cm³/mol. The topological polar surface area (TPSA) is 147 Å². The first-order valence-electron chi connectivity index (χ1n) is 15.1. The first kappa shape index (κ1) is 40.6. The maximum Gasteiger partial charge on any atom is 0.305 e. The van der Waals surface area contributed by atoms with E-state index in [-0.39, 0.29) is 32.0 Å². The number of carboxylic acids is 1. The van der Waals surface area contributed by atoms with Crippen molar-refractivity contribution in [2.24, 2.45) is 5.92 Å². The van der Waals surface area contributed by atoms with Crippen LogP contribution in [0.4, 0.5) is 0 Å². The summed E-state index contributed by atoms with van der Waals surface area (Å²) >= 11 is 0. The third-order valence-corrected chi connectivity index (χ3v) is 5.59. The molecule has 0 aliphatic carbocycles. The monoisotopic (exact) mass is 612 g/mol. The number of hydrogen-bond acceptors (Lipinski definition) is 12. The molecular weight excluding hydrogens is 556 g/mol. The molecule has 0 heterocycles. The molecule has 0 spiro atoms. The zero-order valence-corrected chi connectivity index (χ0v) is 25.9. The Balaban J connectivity index is 3.11. The number of carbonyl (C=O) groups is 2. The van der Waals surface area contributed by atoms with Crippen LogP contribution in [0.15, 0.2) is 0 Å². The number of ether oxygens (including phenoxy) is 10. The third-order valence-electron chi connectivity index (χ3n) is 5.59. The second-order valence-electron chi connectivity index (χ2n) is 9.31. The first-order chi connectivity index (χ1) is 20.6. The zero-order chi connectivity index (χ0) is 30.8. The number of carbonyl (C=O) groups excluding carboxylic acids is 1. The van der Waals surface area contributed by atoms with Crippen LogP contribution in [0.2, 0.25) is 0 Å². The molecule has 0 fully saturated rings. The van der Waals surface area contributed by atoms with Gasteiger partial charge in [0.05, 0.1) is 112 Å². The lowest BCUT2D eigenvalue weighted by Gasteiger charge is -2.10. The van der Waals surface area contributed by atoms with Crippen molar-refractivity contribution in [3.8, 4) is 0 Å². The molecule has 1 N–H and O–H groups in total. The highest BCUT2D eigenvalue weighted by molar-refractivity contribution is 5.69. The average molecular weight is 613 g/mol. The summed E-state index contributed by atoms with van der Waals surface area (Å²) in [6.45, 7) is 13.6. The molecule has 0 saturated carbocycles. The van der Waals surface area contributed by atoms with Gasteiger partial charge >= 0.3 is 11.9 Å². The minimum atomic E-state index is -0.860. The largest absolute Gasteiger partial charge is 0.481 e. The normalized spacial score (nSPS) is 12.0. The fourth-order valence-corrected chi connectivity index (χ4v) is 2.99. The summed E-state index contributed by atoms with van der Waals surface area (Å²) in [5, 5.41) is 8.54. The Morgan fingerprint density at radius 3 is 1.14 bits per heavy atom. The summed E-state index contributed by atoms with van der Waals surface area (Å²) < 4.78 is 54.0. The van der Waals surface area contributed by atoms with Crippen molar-refractivity contribution >= 4 is 11.9 Å². The Hall–Kier alpha value is -1.42. The fraction of sp³-hybridized carbons (Fsp3) is 0.931. The van der Waals surface area contributed by atoms with Crippen molar-refractivity contribution in [2.75, 3.05) is 126 Å². The molecule has 0 aromatic rings. The Morgan fingerprint density at radius 1 is 0.500 bits per heavy atom. The standard InChI is InChI=1S/C29H56O13/c1-3-27(2)26-41-23-22-39-19-18-37-15-14-35-11-10-33-8-9-34-12-13-36-16-17-38-20-21-40-24-25-42-29(32)7-5-4-6-28(30)31/h27H,3-26H2,1-2H3,(H,30,31). The van der Waals surface area contributed by atoms with Crippen molar-refractivity contribution in [1.82, 2.24) is 0 Å². The van der Waals surface area contributed by atoms with Crippen molar-refractivity contribution in [3.05, 3.63) is 0 Å². The van der Waals surface area contributed by atoms with E-state index in [9.17, 15) is 9.59 Å². The molecular formula is C29H56O13. The molecule has 0 aliphatic heterocycles. The molecule has 250 valence electrons. The van der Waals surface area contributed by atoms with Gasteiger partial charge in [0.1, 0.15) is 6.61 Å². The second-order valence-corrected chi connectivity index (χ2v) is 9.31. The van der Waals surface area contributed by atoms with Crippen LogP contribution in [0, 0.1) is 5.92 Å². The minimum Gasteiger partial charge on any atom is -0.481 e. The van der Waals surface area contributed by atoms with Crippen molar-refractivity contribution in [2.45, 2.75) is 46.0 Å². The highest BCUT2D eigenvalue weighted by Gasteiger charge is 2.04. The molecule has 0 saturated heterocycles. The van der Waals surface area contributed by atoms with Gasteiger partial charge in [-0.15, -0.1) is 0 Å². The van der Waals surface area contributed by atoms with Crippen LogP contribution >= 0.6 is 0 Å². The molecule has 42 heavy (non-hydrogen) atoms. The van der Waals surface area contributed by atoms with Gasteiger partial charge in [0.15, 0.2) is 0 Å². The van der Waals surface area contributed by atoms with E-state index in [1.54, 1.807) is 0 Å². The number of hydrogen-bond donors (Lipinski definition) is 1. The van der Waals surface area contributed by atoms with Gasteiger partial charge < -0.3 is 52.5 Å². The Labute approximate surface area is 251 Å². The van der Waals surface area contributed by atoms with Gasteiger partial charge in [-0.3, -0.25) is 9.59 Å². The molecule has 0 rings (SSSR count). The molecule has 0 aromatic heterocycles. The lowest BCUT2D eigenvalue weighted by atomic mass is 10.1. The Morgan fingerprint density at radius 2 is 0.810 bits per heavy atom. The maximum absolute atomic E-state index is 11.5. The highest BCUT2D eigenvalue weighted by Crippen LogP contribution is 2.01. The van der Waals surface area contributed by atoms with Crippen LogP contribution in [-0.4, -0.2) is 143 Å². The molecule has 0 aliphatic rings. The van der Waals surface area contributed by atoms with E-state index in [0.717, 1.165) is 13.0 Å². The molecule has 0 bridgehead atoms. The Kier molecular flexibility index (Phi) is 32.9. The smallest absolute Gasteiger partial charge is 0.305 e. The lowest BCUT2D eigenvalue weighted by Crippen LogP contribution is -2.15. The van der Waals surface area contributed by atoms with Gasteiger partial charge in [-0.05, 0) is 18.8 Å².